The molecule has 1 N–H and O–H groups in total. The number of hydrogen-bond acceptors (Lipinski definition) is 3. The van der Waals surface area contributed by atoms with Crippen LogP contribution in [0.25, 0.3) is 0 Å². The normalized spacial score (nSPS) is 12.2. The number of alkyl halides is 3. The number of nitrogens with one attached hydrogen (secondary N) is 1. The number of halogens is 4. The molecule has 1 heterocycles. The van der Waals surface area contributed by atoms with Crippen molar-refractivity contribution in [2.45, 2.75) is 6.18 Å². The summed E-state index contributed by atoms with van der Waals surface area (Å²) in [4.78, 5) is 0. The molecule has 2 aromatic rings. The van der Waals surface area contributed by atoms with Gasteiger partial charge in [-0.05, 0) is 29.9 Å². The van der Waals surface area contributed by atoms with Gasteiger partial charge in [-0.3, -0.25) is 0 Å². The number of rotatable bonds is 2. The number of hydrogen-bond donors (Lipinski definition) is 1. The lowest BCUT2D eigenvalue weighted by Crippen LogP contribution is -2.12. The van der Waals surface area contributed by atoms with Crippen LogP contribution in [0.1, 0.15) is 11.4 Å². The lowest BCUT2D eigenvalue weighted by Gasteiger charge is -2.03. The minimum Gasteiger partial charge on any atom is -0.250 e. The Balaban J connectivity index is 2.36. The van der Waals surface area contributed by atoms with Crippen molar-refractivity contribution < 1.29 is 13.2 Å². The van der Waals surface area contributed by atoms with E-state index < -0.39 is 12.0 Å². The fourth-order valence-electron chi connectivity index (χ4n) is 1.26. The summed E-state index contributed by atoms with van der Waals surface area (Å²) in [6.07, 6.45) is -3.40. The Morgan fingerprint density at radius 2 is 1.95 bits per heavy atom. The van der Waals surface area contributed by atoms with Crippen LogP contribution in [0.3, 0.4) is 0 Å². The summed E-state index contributed by atoms with van der Waals surface area (Å²) in [6.45, 7) is 0. The van der Waals surface area contributed by atoms with Gasteiger partial charge in [0.2, 0.25) is 4.77 Å². The molecule has 0 aliphatic carbocycles. The van der Waals surface area contributed by atoms with E-state index >= 15 is 0 Å². The van der Waals surface area contributed by atoms with E-state index in [0.29, 0.717) is 15.3 Å². The second-order valence-electron chi connectivity index (χ2n) is 3.46. The molecule has 4 nitrogen and oxygen atoms in total. The van der Waals surface area contributed by atoms with Gasteiger partial charge in [0.25, 0.3) is 5.82 Å². The summed E-state index contributed by atoms with van der Waals surface area (Å²) < 4.78 is 38.1. The van der Waals surface area contributed by atoms with Crippen molar-refractivity contribution >= 4 is 30.0 Å². The zero-order valence-corrected chi connectivity index (χ0v) is 10.7. The molecule has 0 saturated carbocycles. The van der Waals surface area contributed by atoms with Gasteiger partial charge in [0.15, 0.2) is 0 Å². The summed E-state index contributed by atoms with van der Waals surface area (Å²) in [5.74, 6) is -1.21. The first kappa shape index (κ1) is 13.8. The molecule has 0 amide bonds. The molecule has 0 bridgehead atoms. The van der Waals surface area contributed by atoms with Crippen LogP contribution in [0.4, 0.5) is 13.2 Å². The fourth-order valence-corrected chi connectivity index (χ4v) is 1.56. The maximum absolute atomic E-state index is 12.6. The first-order chi connectivity index (χ1) is 8.88. The average molecular weight is 307 g/mol. The van der Waals surface area contributed by atoms with Gasteiger partial charge < -0.3 is 0 Å². The zero-order valence-electron chi connectivity index (χ0n) is 9.15. The minimum atomic E-state index is -4.63. The number of benzene rings is 1. The molecule has 1 aromatic carbocycles. The molecule has 0 radical (unpaired) electrons. The number of H-pyrrole nitrogens is 1. The quantitative estimate of drug-likeness (QED) is 0.682. The van der Waals surface area contributed by atoms with Crippen LogP contribution in [0, 0.1) is 4.77 Å². The van der Waals surface area contributed by atoms with Crippen molar-refractivity contribution in [1.29, 1.82) is 0 Å². The van der Waals surface area contributed by atoms with Gasteiger partial charge in [0, 0.05) is 5.02 Å². The van der Waals surface area contributed by atoms with Crippen LogP contribution in [-0.2, 0) is 6.18 Å². The van der Waals surface area contributed by atoms with Crippen LogP contribution in [0.5, 0.6) is 0 Å². The highest BCUT2D eigenvalue weighted by Gasteiger charge is 2.37. The first-order valence-corrected chi connectivity index (χ1v) is 5.71. The van der Waals surface area contributed by atoms with Gasteiger partial charge in [-0.2, -0.15) is 22.9 Å². The Kier molecular flexibility index (Phi) is 3.72. The molecule has 9 heteroatoms. The van der Waals surface area contributed by atoms with Gasteiger partial charge in [-0.15, -0.1) is 5.10 Å². The molecule has 0 spiro atoms. The van der Waals surface area contributed by atoms with Crippen molar-refractivity contribution in [2.24, 2.45) is 5.10 Å². The summed E-state index contributed by atoms with van der Waals surface area (Å²) in [5, 5.41) is 9.33. The van der Waals surface area contributed by atoms with Crippen LogP contribution < -0.4 is 0 Å². The summed E-state index contributed by atoms with van der Waals surface area (Å²) >= 11 is 10.4. The number of aromatic amines is 1. The maximum atomic E-state index is 12.6. The Morgan fingerprint density at radius 1 is 1.32 bits per heavy atom. The number of aromatic nitrogens is 3. The lowest BCUT2D eigenvalue weighted by molar-refractivity contribution is -0.147. The van der Waals surface area contributed by atoms with Gasteiger partial charge >= 0.3 is 6.18 Å². The van der Waals surface area contributed by atoms with Crippen molar-refractivity contribution in [3.63, 3.8) is 0 Å². The fraction of sp³-hybridized carbons (Fsp3) is 0.100. The Morgan fingerprint density at radius 3 is 2.53 bits per heavy atom. The van der Waals surface area contributed by atoms with E-state index in [9.17, 15) is 13.2 Å². The Hall–Kier alpha value is -1.67. The van der Waals surface area contributed by atoms with E-state index in [-0.39, 0.29) is 4.77 Å². The molecule has 0 aliphatic heterocycles. The van der Waals surface area contributed by atoms with Crippen LogP contribution >= 0.6 is 23.8 Å². The lowest BCUT2D eigenvalue weighted by atomic mass is 10.2. The minimum absolute atomic E-state index is 0.238. The third-order valence-corrected chi connectivity index (χ3v) is 2.61. The average Bonchev–Trinajstić information content (AvgIpc) is 2.70. The number of nitrogens with zero attached hydrogens (tertiary/aromatic N) is 3. The van der Waals surface area contributed by atoms with E-state index in [1.54, 1.807) is 24.3 Å². The monoisotopic (exact) mass is 306 g/mol. The molecule has 0 atom stereocenters. The standard InChI is InChI=1S/C10H6ClF3N4S/c11-7-3-1-6(2-4-7)5-15-18-8(10(12,13)14)16-17-9(18)19/h1-5H,(H,17,19). The van der Waals surface area contributed by atoms with E-state index in [2.05, 4.69) is 27.5 Å². The zero-order chi connectivity index (χ0) is 14.0. The van der Waals surface area contributed by atoms with Crippen molar-refractivity contribution in [1.82, 2.24) is 14.9 Å². The van der Waals surface area contributed by atoms with E-state index in [4.69, 9.17) is 11.6 Å². The predicted octanol–water partition coefficient (Wildman–Crippen LogP) is 3.50. The highest BCUT2D eigenvalue weighted by atomic mass is 35.5. The SMILES string of the molecule is FC(F)(F)c1n[nH]c(=S)n1N=Cc1ccc(Cl)cc1. The van der Waals surface area contributed by atoms with E-state index in [0.717, 1.165) is 0 Å². The molecule has 0 fully saturated rings. The van der Waals surface area contributed by atoms with Crippen LogP contribution in [-0.4, -0.2) is 21.1 Å². The largest absolute Gasteiger partial charge is 0.453 e. The van der Waals surface area contributed by atoms with Crippen molar-refractivity contribution in [3.8, 4) is 0 Å². The predicted molar refractivity (Wildman–Crippen MR) is 66.9 cm³/mol. The first-order valence-electron chi connectivity index (χ1n) is 4.92. The van der Waals surface area contributed by atoms with Gasteiger partial charge in [0.1, 0.15) is 0 Å². The molecule has 100 valence electrons. The molecule has 0 unspecified atom stereocenters. The van der Waals surface area contributed by atoms with Crippen molar-refractivity contribution in [2.75, 3.05) is 0 Å². The van der Waals surface area contributed by atoms with E-state index in [1.807, 2.05) is 0 Å². The smallest absolute Gasteiger partial charge is 0.250 e. The van der Waals surface area contributed by atoms with E-state index in [1.165, 1.54) is 6.21 Å². The third kappa shape index (κ3) is 3.21. The van der Waals surface area contributed by atoms with Gasteiger partial charge in [-0.25, -0.2) is 5.10 Å². The highest BCUT2D eigenvalue weighted by molar-refractivity contribution is 7.71. The highest BCUT2D eigenvalue weighted by Crippen LogP contribution is 2.27. The van der Waals surface area contributed by atoms with Crippen LogP contribution in [0.15, 0.2) is 29.4 Å². The molecule has 2 rings (SSSR count). The summed E-state index contributed by atoms with van der Waals surface area (Å²) in [6, 6.07) is 6.43. The molecular formula is C10H6ClF3N4S. The molecule has 19 heavy (non-hydrogen) atoms. The summed E-state index contributed by atoms with van der Waals surface area (Å²) in [5.41, 5.74) is 0.584. The topological polar surface area (TPSA) is 46.0 Å². The molecule has 0 aliphatic rings. The third-order valence-electron chi connectivity index (χ3n) is 2.10. The van der Waals surface area contributed by atoms with Gasteiger partial charge in [0.05, 0.1) is 6.21 Å². The molecular weight excluding hydrogens is 301 g/mol. The Bertz CT molecular complexity index is 657. The summed E-state index contributed by atoms with van der Waals surface area (Å²) in [7, 11) is 0. The molecule has 0 saturated heterocycles. The molecule has 1 aromatic heterocycles. The second-order valence-corrected chi connectivity index (χ2v) is 4.28. The maximum Gasteiger partial charge on any atom is 0.453 e. The second kappa shape index (κ2) is 5.14. The van der Waals surface area contributed by atoms with Crippen molar-refractivity contribution in [3.05, 3.63) is 45.4 Å². The van der Waals surface area contributed by atoms with Crippen LogP contribution in [0.2, 0.25) is 5.02 Å². The van der Waals surface area contributed by atoms with Gasteiger partial charge in [-0.1, -0.05) is 23.7 Å². The Labute approximate surface area is 115 Å².